The molecule has 5 N–H and O–H groups in total. The summed E-state index contributed by atoms with van der Waals surface area (Å²) in [6.07, 6.45) is -1.46. The number of ketones is 1. The lowest BCUT2D eigenvalue weighted by Gasteiger charge is -2.11. The minimum absolute atomic E-state index is 0.248. The molecule has 0 fully saturated rings. The number of hydrogen-bond donors (Lipinski definition) is 4. The number of imidazole rings is 1. The van der Waals surface area contributed by atoms with Crippen LogP contribution in [0.3, 0.4) is 0 Å². The van der Waals surface area contributed by atoms with Crippen molar-refractivity contribution in [2.45, 2.75) is 17.9 Å². The van der Waals surface area contributed by atoms with Crippen LogP contribution in [0.15, 0.2) is 70.0 Å². The number of para-hydroxylation sites is 2. The molecule has 1 aromatic heterocycles. The fourth-order valence-corrected chi connectivity index (χ4v) is 4.58. The number of allylic oxidation sites excluding steroid dienone is 1. The molecule has 0 bridgehead atoms. The first-order valence-corrected chi connectivity index (χ1v) is 12.3. The zero-order valence-corrected chi connectivity index (χ0v) is 20.3. The van der Waals surface area contributed by atoms with E-state index in [0.717, 1.165) is 25.1 Å². The summed E-state index contributed by atoms with van der Waals surface area (Å²) in [5, 5.41) is 20.6. The average molecular weight is 545 g/mol. The molecule has 0 unspecified atom stereocenters. The van der Waals surface area contributed by atoms with Crippen LogP contribution in [-0.2, 0) is 10.0 Å². The van der Waals surface area contributed by atoms with Gasteiger partial charge in [-0.2, -0.15) is 8.42 Å². The van der Waals surface area contributed by atoms with E-state index in [1.165, 1.54) is 0 Å². The molecule has 0 amide bonds. The molecule has 9 nitrogen and oxygen atoms in total. The third kappa shape index (κ3) is 5.14. The number of rotatable bonds is 7. The Morgan fingerprint density at radius 1 is 1.05 bits per heavy atom. The van der Waals surface area contributed by atoms with E-state index in [2.05, 4.69) is 14.4 Å². The number of Topliss-reactive ketones (excluding diaryl/α,β-unsaturated/α-hetero) is 1. The van der Waals surface area contributed by atoms with Crippen molar-refractivity contribution < 1.29 is 36.6 Å². The summed E-state index contributed by atoms with van der Waals surface area (Å²) in [7, 11) is -4.81. The van der Waals surface area contributed by atoms with E-state index in [4.69, 9.17) is 5.73 Å². The molecule has 3 aromatic carbocycles. The number of benzene rings is 3. The Kier molecular flexibility index (Phi) is 7.07. The number of carbonyl (C=O) groups is 1. The first-order chi connectivity index (χ1) is 17.9. The summed E-state index contributed by atoms with van der Waals surface area (Å²) in [4.78, 5) is 19.4. The third-order valence-electron chi connectivity index (χ3n) is 5.40. The van der Waals surface area contributed by atoms with Gasteiger partial charge in [-0.05, 0) is 55.5 Å². The van der Waals surface area contributed by atoms with Gasteiger partial charge in [-0.1, -0.05) is 12.1 Å². The normalized spacial score (nSPS) is 13.9. The van der Waals surface area contributed by atoms with Crippen molar-refractivity contribution in [3.8, 4) is 0 Å². The Bertz CT molecular complexity index is 1710. The SMILES string of the molecule is C[C@@H](O)/C(N)=N/S(=O)(=O)c1cc(/C(O)=C(/C(=O)c2cc(F)ccc2F)c2nc3ccccc3[nH]2)ccc1F. The van der Waals surface area contributed by atoms with Crippen molar-refractivity contribution >= 4 is 44.0 Å². The summed E-state index contributed by atoms with van der Waals surface area (Å²) in [5.74, 6) is -6.36. The van der Waals surface area contributed by atoms with Crippen LogP contribution in [0.4, 0.5) is 13.2 Å². The van der Waals surface area contributed by atoms with Crippen molar-refractivity contribution in [1.82, 2.24) is 9.97 Å². The maximum Gasteiger partial charge on any atom is 0.286 e. The minimum atomic E-state index is -4.81. The summed E-state index contributed by atoms with van der Waals surface area (Å²) < 4.78 is 71.4. The van der Waals surface area contributed by atoms with Gasteiger partial charge in [-0.3, -0.25) is 4.79 Å². The first kappa shape index (κ1) is 26.6. The quantitative estimate of drug-likeness (QED) is 0.0907. The van der Waals surface area contributed by atoms with Gasteiger partial charge in [0.15, 0.2) is 0 Å². The number of H-pyrrole nitrogens is 1. The lowest BCUT2D eigenvalue weighted by molar-refractivity contribution is 0.105. The average Bonchev–Trinajstić information content (AvgIpc) is 3.28. The second kappa shape index (κ2) is 10.1. The van der Waals surface area contributed by atoms with Gasteiger partial charge in [-0.25, -0.2) is 18.2 Å². The van der Waals surface area contributed by atoms with Crippen LogP contribution in [0.5, 0.6) is 0 Å². The largest absolute Gasteiger partial charge is 0.506 e. The molecule has 13 heteroatoms. The molecule has 0 aliphatic heterocycles. The number of carbonyl (C=O) groups excluding carboxylic acids is 1. The highest BCUT2D eigenvalue weighted by Crippen LogP contribution is 2.31. The van der Waals surface area contributed by atoms with Crippen LogP contribution in [0.1, 0.15) is 28.7 Å². The van der Waals surface area contributed by atoms with Crippen LogP contribution < -0.4 is 5.73 Å². The number of nitrogens with zero attached hydrogens (tertiary/aromatic N) is 2. The third-order valence-corrected chi connectivity index (χ3v) is 6.72. The number of nitrogens with one attached hydrogen (secondary N) is 1. The highest BCUT2D eigenvalue weighted by atomic mass is 32.2. The lowest BCUT2D eigenvalue weighted by atomic mass is 9.98. The molecule has 196 valence electrons. The maximum absolute atomic E-state index is 14.5. The van der Waals surface area contributed by atoms with Crippen LogP contribution >= 0.6 is 0 Å². The van der Waals surface area contributed by atoms with Gasteiger partial charge in [0, 0.05) is 5.56 Å². The Labute approximate surface area is 213 Å². The fraction of sp³-hybridized carbons (Fsp3) is 0.0800. The standard InChI is InChI=1S/C25H19F3N4O5S/c1-12(33)24(29)32-38(36,37)20-10-13(6-8-17(20)28)22(34)21(23(35)15-11-14(26)7-9-16(15)27)25-30-18-4-2-3-5-19(18)31-25/h2-12,33-34H,1H3,(H2,29,32)(H,30,31)/b22-21+/t12-/m1/s1. The van der Waals surface area contributed by atoms with Gasteiger partial charge >= 0.3 is 0 Å². The second-order valence-electron chi connectivity index (χ2n) is 8.09. The molecule has 4 aromatic rings. The zero-order chi connectivity index (χ0) is 27.8. The molecular formula is C25H19F3N4O5S. The van der Waals surface area contributed by atoms with E-state index in [0.29, 0.717) is 29.2 Å². The molecule has 0 aliphatic carbocycles. The highest BCUT2D eigenvalue weighted by molar-refractivity contribution is 7.90. The maximum atomic E-state index is 14.5. The predicted octanol–water partition coefficient (Wildman–Crippen LogP) is 3.72. The Morgan fingerprint density at radius 2 is 1.74 bits per heavy atom. The molecule has 4 rings (SSSR count). The Morgan fingerprint density at radius 3 is 2.42 bits per heavy atom. The summed E-state index contributed by atoms with van der Waals surface area (Å²) in [5.41, 5.74) is 4.42. The van der Waals surface area contributed by atoms with Gasteiger partial charge in [0.05, 0.1) is 16.6 Å². The van der Waals surface area contributed by atoms with E-state index in [-0.39, 0.29) is 5.82 Å². The number of aromatic nitrogens is 2. The predicted molar refractivity (Wildman–Crippen MR) is 133 cm³/mol. The zero-order valence-electron chi connectivity index (χ0n) is 19.5. The van der Waals surface area contributed by atoms with E-state index in [1.807, 2.05) is 0 Å². The molecule has 0 aliphatic rings. The molecule has 0 saturated heterocycles. The molecule has 1 atom stereocenters. The number of aromatic amines is 1. The van der Waals surface area contributed by atoms with E-state index in [9.17, 15) is 36.6 Å². The number of aliphatic hydroxyl groups excluding tert-OH is 2. The summed E-state index contributed by atoms with van der Waals surface area (Å²) in [6.45, 7) is 1.15. The number of amidine groups is 1. The molecule has 38 heavy (non-hydrogen) atoms. The molecule has 0 spiro atoms. The van der Waals surface area contributed by atoms with Gasteiger partial charge in [0.2, 0.25) is 5.78 Å². The van der Waals surface area contributed by atoms with Gasteiger partial charge in [-0.15, -0.1) is 4.40 Å². The number of sulfonamides is 1. The smallest absolute Gasteiger partial charge is 0.286 e. The van der Waals surface area contributed by atoms with Crippen molar-refractivity contribution in [1.29, 1.82) is 0 Å². The van der Waals surface area contributed by atoms with Crippen molar-refractivity contribution in [3.05, 3.63) is 95.1 Å². The number of hydrogen-bond acceptors (Lipinski definition) is 6. The first-order valence-electron chi connectivity index (χ1n) is 10.9. The van der Waals surface area contributed by atoms with Gasteiger partial charge in [0.25, 0.3) is 10.0 Å². The van der Waals surface area contributed by atoms with Crippen molar-refractivity contribution in [2.24, 2.45) is 10.1 Å². The number of nitrogens with two attached hydrogens (primary N) is 1. The van der Waals surface area contributed by atoms with Crippen LogP contribution in [0.2, 0.25) is 0 Å². The Balaban J connectivity index is 1.97. The van der Waals surface area contributed by atoms with Crippen LogP contribution in [0, 0.1) is 17.5 Å². The summed E-state index contributed by atoms with van der Waals surface area (Å²) >= 11 is 0. The minimum Gasteiger partial charge on any atom is -0.506 e. The van der Waals surface area contributed by atoms with Gasteiger partial charge < -0.3 is 20.9 Å². The number of aliphatic hydroxyl groups is 2. The number of fused-ring (bicyclic) bond motifs is 1. The fourth-order valence-electron chi connectivity index (χ4n) is 3.46. The molecule has 1 heterocycles. The molecule has 0 radical (unpaired) electrons. The monoisotopic (exact) mass is 544 g/mol. The topological polar surface area (TPSA) is 159 Å². The van der Waals surface area contributed by atoms with E-state index < -0.39 is 72.6 Å². The van der Waals surface area contributed by atoms with Gasteiger partial charge in [0.1, 0.15) is 51.4 Å². The van der Waals surface area contributed by atoms with Crippen molar-refractivity contribution in [2.75, 3.05) is 0 Å². The van der Waals surface area contributed by atoms with E-state index in [1.54, 1.807) is 24.3 Å². The van der Waals surface area contributed by atoms with Crippen LogP contribution in [-0.4, -0.2) is 46.3 Å². The molecule has 0 saturated carbocycles. The Hall–Kier alpha value is -4.49. The number of halogens is 3. The van der Waals surface area contributed by atoms with Crippen molar-refractivity contribution in [3.63, 3.8) is 0 Å². The van der Waals surface area contributed by atoms with E-state index >= 15 is 0 Å². The lowest BCUT2D eigenvalue weighted by Crippen LogP contribution is -2.27. The highest BCUT2D eigenvalue weighted by Gasteiger charge is 2.28. The summed E-state index contributed by atoms with van der Waals surface area (Å²) in [6, 6.07) is 11.0. The van der Waals surface area contributed by atoms with Crippen LogP contribution in [0.25, 0.3) is 22.4 Å². The molecular weight excluding hydrogens is 525 g/mol. The second-order valence-corrected chi connectivity index (χ2v) is 9.66.